The molecule has 3 aromatic rings. The lowest BCUT2D eigenvalue weighted by Crippen LogP contribution is -2.49. The van der Waals surface area contributed by atoms with Crippen molar-refractivity contribution in [1.29, 1.82) is 0 Å². The second-order valence-corrected chi connectivity index (χ2v) is 6.85. The Hall–Kier alpha value is -3.29. The van der Waals surface area contributed by atoms with Gasteiger partial charge in [0.1, 0.15) is 23.2 Å². The molecule has 8 heteroatoms. The van der Waals surface area contributed by atoms with Gasteiger partial charge in [-0.3, -0.25) is 9.59 Å². The third-order valence-electron chi connectivity index (χ3n) is 5.17. The average molecular weight is 382 g/mol. The highest BCUT2D eigenvalue weighted by molar-refractivity contribution is 6.06. The Morgan fingerprint density at radius 2 is 1.82 bits per heavy atom. The fourth-order valence-electron chi connectivity index (χ4n) is 3.56. The van der Waals surface area contributed by atoms with E-state index in [-0.39, 0.29) is 22.6 Å². The lowest BCUT2D eigenvalue weighted by atomic mass is 10.1. The molecule has 1 aromatic carbocycles. The summed E-state index contributed by atoms with van der Waals surface area (Å²) >= 11 is 0. The normalized spacial score (nSPS) is 14.5. The van der Waals surface area contributed by atoms with Gasteiger partial charge in [0, 0.05) is 38.9 Å². The fraction of sp³-hybridized carbons (Fsp3) is 0.350. The molecule has 1 aliphatic rings. The molecular formula is C20H22N4O4. The summed E-state index contributed by atoms with van der Waals surface area (Å²) in [5.41, 5.74) is 1.35. The predicted octanol–water partition coefficient (Wildman–Crippen LogP) is 1.81. The number of aryl methyl sites for hydroxylation is 2. The van der Waals surface area contributed by atoms with Gasteiger partial charge in [0.25, 0.3) is 11.5 Å². The second-order valence-electron chi connectivity index (χ2n) is 6.85. The topological polar surface area (TPSA) is 80.8 Å². The predicted molar refractivity (Wildman–Crippen MR) is 105 cm³/mol. The largest absolute Gasteiger partial charge is 0.497 e. The molecule has 0 saturated carbocycles. The first-order valence-electron chi connectivity index (χ1n) is 9.12. The summed E-state index contributed by atoms with van der Waals surface area (Å²) in [7, 11) is 3.25. The van der Waals surface area contributed by atoms with Crippen molar-refractivity contribution in [1.82, 2.24) is 14.5 Å². The monoisotopic (exact) mass is 382 g/mol. The molecule has 146 valence electrons. The number of methoxy groups -OCH3 is 1. The van der Waals surface area contributed by atoms with Gasteiger partial charge in [0.05, 0.1) is 12.7 Å². The van der Waals surface area contributed by atoms with Crippen LogP contribution >= 0.6 is 0 Å². The number of fused-ring (bicyclic) bond motifs is 1. The third-order valence-corrected chi connectivity index (χ3v) is 5.17. The standard InChI is InChI=1S/C20H22N4O4/c1-13-16(17-18(28-13)21-12-22(2)19(17)25)20(26)24-10-8-23(9-11-24)14-4-6-15(27-3)7-5-14/h4-7,12H,8-11H2,1-3H3. The summed E-state index contributed by atoms with van der Waals surface area (Å²) in [6.45, 7) is 4.25. The maximum absolute atomic E-state index is 13.1. The molecule has 0 unspecified atom stereocenters. The Balaban J connectivity index is 1.54. The van der Waals surface area contributed by atoms with E-state index in [4.69, 9.17) is 9.15 Å². The van der Waals surface area contributed by atoms with Gasteiger partial charge in [-0.05, 0) is 31.2 Å². The molecular weight excluding hydrogens is 360 g/mol. The number of carbonyl (C=O) groups is 1. The van der Waals surface area contributed by atoms with Crippen LogP contribution < -0.4 is 15.2 Å². The van der Waals surface area contributed by atoms with Crippen LogP contribution in [0.4, 0.5) is 5.69 Å². The molecule has 2 aromatic heterocycles. The number of amides is 1. The second kappa shape index (κ2) is 7.03. The summed E-state index contributed by atoms with van der Waals surface area (Å²) < 4.78 is 12.1. The number of rotatable bonds is 3. The van der Waals surface area contributed by atoms with Crippen LogP contribution in [-0.2, 0) is 7.05 Å². The minimum Gasteiger partial charge on any atom is -0.497 e. The lowest BCUT2D eigenvalue weighted by Gasteiger charge is -2.36. The van der Waals surface area contributed by atoms with Crippen LogP contribution in [-0.4, -0.2) is 53.6 Å². The third kappa shape index (κ3) is 3.00. The van der Waals surface area contributed by atoms with Crippen LogP contribution in [0.5, 0.6) is 5.75 Å². The van der Waals surface area contributed by atoms with Crippen molar-refractivity contribution in [3.05, 3.63) is 52.3 Å². The van der Waals surface area contributed by atoms with Crippen LogP contribution in [0.25, 0.3) is 11.1 Å². The van der Waals surface area contributed by atoms with Gasteiger partial charge < -0.3 is 23.5 Å². The Bertz CT molecular complexity index is 1080. The Morgan fingerprint density at radius 1 is 1.14 bits per heavy atom. The first-order chi connectivity index (χ1) is 13.5. The van der Waals surface area contributed by atoms with Gasteiger partial charge >= 0.3 is 0 Å². The SMILES string of the molecule is COc1ccc(N2CCN(C(=O)c3c(C)oc4ncn(C)c(=O)c34)CC2)cc1. The number of carbonyl (C=O) groups excluding carboxylic acids is 1. The summed E-state index contributed by atoms with van der Waals surface area (Å²) in [5.74, 6) is 1.05. The molecule has 1 aliphatic heterocycles. The number of nitrogens with zero attached hydrogens (tertiary/aromatic N) is 4. The van der Waals surface area contributed by atoms with E-state index in [0.29, 0.717) is 37.5 Å². The number of anilines is 1. The minimum absolute atomic E-state index is 0.185. The van der Waals surface area contributed by atoms with Crippen molar-refractivity contribution in [2.24, 2.45) is 7.05 Å². The summed E-state index contributed by atoms with van der Waals surface area (Å²) in [5, 5.41) is 0.255. The van der Waals surface area contributed by atoms with Gasteiger partial charge in [0.15, 0.2) is 0 Å². The number of benzene rings is 1. The lowest BCUT2D eigenvalue weighted by molar-refractivity contribution is 0.0746. The number of furan rings is 1. The van der Waals surface area contributed by atoms with Crippen LogP contribution in [0.15, 0.2) is 39.8 Å². The molecule has 3 heterocycles. The Kier molecular flexibility index (Phi) is 4.54. The highest BCUT2D eigenvalue weighted by Gasteiger charge is 2.28. The molecule has 0 bridgehead atoms. The smallest absolute Gasteiger partial charge is 0.265 e. The molecule has 0 N–H and O–H groups in total. The van der Waals surface area contributed by atoms with Crippen LogP contribution in [0, 0.1) is 6.92 Å². The van der Waals surface area contributed by atoms with Gasteiger partial charge in [0.2, 0.25) is 5.71 Å². The number of hydrogen-bond donors (Lipinski definition) is 0. The quantitative estimate of drug-likeness (QED) is 0.687. The maximum Gasteiger partial charge on any atom is 0.265 e. The van der Waals surface area contributed by atoms with Crippen molar-refractivity contribution in [3.8, 4) is 5.75 Å². The van der Waals surface area contributed by atoms with Crippen molar-refractivity contribution >= 4 is 22.7 Å². The molecule has 0 spiro atoms. The number of hydrogen-bond acceptors (Lipinski definition) is 6. The summed E-state index contributed by atoms with van der Waals surface area (Å²) in [6, 6.07) is 7.88. The summed E-state index contributed by atoms with van der Waals surface area (Å²) in [6.07, 6.45) is 1.40. The maximum atomic E-state index is 13.1. The molecule has 1 amide bonds. The zero-order chi connectivity index (χ0) is 19.8. The molecule has 1 fully saturated rings. The van der Waals surface area contributed by atoms with Crippen molar-refractivity contribution in [2.75, 3.05) is 38.2 Å². The van der Waals surface area contributed by atoms with Gasteiger partial charge in [-0.2, -0.15) is 0 Å². The Morgan fingerprint density at radius 3 is 2.46 bits per heavy atom. The first kappa shape index (κ1) is 18.1. The number of ether oxygens (including phenoxy) is 1. The molecule has 28 heavy (non-hydrogen) atoms. The molecule has 1 saturated heterocycles. The van der Waals surface area contributed by atoms with E-state index >= 15 is 0 Å². The average Bonchev–Trinajstić information content (AvgIpc) is 3.07. The van der Waals surface area contributed by atoms with E-state index < -0.39 is 0 Å². The zero-order valence-electron chi connectivity index (χ0n) is 16.1. The molecule has 0 radical (unpaired) electrons. The van der Waals surface area contributed by atoms with Crippen molar-refractivity contribution < 1.29 is 13.9 Å². The van der Waals surface area contributed by atoms with Crippen LogP contribution in [0.3, 0.4) is 0 Å². The van der Waals surface area contributed by atoms with E-state index in [1.165, 1.54) is 10.9 Å². The van der Waals surface area contributed by atoms with Gasteiger partial charge in [-0.25, -0.2) is 4.98 Å². The first-order valence-corrected chi connectivity index (χ1v) is 9.12. The number of piperazine rings is 1. The van der Waals surface area contributed by atoms with Crippen molar-refractivity contribution in [3.63, 3.8) is 0 Å². The highest BCUT2D eigenvalue weighted by atomic mass is 16.5. The Labute approximate surface area is 161 Å². The zero-order valence-corrected chi connectivity index (χ0v) is 16.1. The van der Waals surface area contributed by atoms with Crippen LogP contribution in [0.1, 0.15) is 16.1 Å². The van der Waals surface area contributed by atoms with E-state index in [0.717, 1.165) is 11.4 Å². The van der Waals surface area contributed by atoms with E-state index in [1.54, 1.807) is 26.0 Å². The van der Waals surface area contributed by atoms with Crippen molar-refractivity contribution in [2.45, 2.75) is 6.92 Å². The van der Waals surface area contributed by atoms with E-state index in [9.17, 15) is 9.59 Å². The minimum atomic E-state index is -0.276. The summed E-state index contributed by atoms with van der Waals surface area (Å²) in [4.78, 5) is 33.8. The van der Waals surface area contributed by atoms with Crippen LogP contribution in [0.2, 0.25) is 0 Å². The molecule has 8 nitrogen and oxygen atoms in total. The fourth-order valence-corrected chi connectivity index (χ4v) is 3.56. The van der Waals surface area contributed by atoms with Gasteiger partial charge in [-0.1, -0.05) is 0 Å². The van der Waals surface area contributed by atoms with E-state index in [2.05, 4.69) is 9.88 Å². The number of aromatic nitrogens is 2. The van der Waals surface area contributed by atoms with Gasteiger partial charge in [-0.15, -0.1) is 0 Å². The molecule has 4 rings (SSSR count). The van der Waals surface area contributed by atoms with E-state index in [1.807, 2.05) is 24.3 Å². The highest BCUT2D eigenvalue weighted by Crippen LogP contribution is 2.24. The molecule has 0 atom stereocenters. The molecule has 0 aliphatic carbocycles.